The average molecular weight is 300 g/mol. The third-order valence-corrected chi connectivity index (χ3v) is 4.72. The van der Waals surface area contributed by atoms with E-state index in [1.807, 2.05) is 19.1 Å². The minimum atomic E-state index is -3.03. The Balaban J connectivity index is 2.37. The van der Waals surface area contributed by atoms with Crippen molar-refractivity contribution in [2.24, 2.45) is 0 Å². The molecule has 0 fully saturated rings. The number of carbonyl (C=O) groups excluding carboxylic acids is 2. The average Bonchev–Trinajstić information content (AvgIpc) is 2.45. The SMILES string of the molecule is Cc1cc(C)c(C(=O)[PH](=O)C(=O)c2ccccc2)c(C)c1. The molecule has 0 aromatic heterocycles. The van der Waals surface area contributed by atoms with Gasteiger partial charge in [-0.25, -0.2) is 0 Å². The van der Waals surface area contributed by atoms with Gasteiger partial charge < -0.3 is 4.57 Å². The minimum Gasteiger partial charge on any atom is -0.310 e. The maximum atomic E-state index is 12.4. The maximum Gasteiger partial charge on any atom is 0.226 e. The van der Waals surface area contributed by atoms with E-state index in [4.69, 9.17) is 0 Å². The van der Waals surface area contributed by atoms with E-state index in [2.05, 4.69) is 0 Å². The summed E-state index contributed by atoms with van der Waals surface area (Å²) in [7, 11) is -3.03. The highest BCUT2D eigenvalue weighted by Crippen LogP contribution is 2.34. The molecule has 0 aliphatic rings. The van der Waals surface area contributed by atoms with Crippen LogP contribution in [0.5, 0.6) is 0 Å². The van der Waals surface area contributed by atoms with E-state index in [-0.39, 0.29) is 0 Å². The standard InChI is InChI=1S/C17H17O3P/c1-11-9-12(2)15(13(3)10-11)17(19)21(20)16(18)14-7-5-4-6-8-14/h4-10,21H,1-3H3. The molecule has 1 atom stereocenters. The number of hydrogen-bond donors (Lipinski definition) is 0. The molecule has 0 spiro atoms. The summed E-state index contributed by atoms with van der Waals surface area (Å²) < 4.78 is 12.3. The van der Waals surface area contributed by atoms with E-state index < -0.39 is 18.8 Å². The van der Waals surface area contributed by atoms with Crippen LogP contribution in [-0.2, 0) is 4.57 Å². The van der Waals surface area contributed by atoms with Gasteiger partial charge in [0, 0.05) is 11.1 Å². The Bertz CT molecular complexity index is 710. The number of rotatable bonds is 4. The fraction of sp³-hybridized carbons (Fsp3) is 0.176. The van der Waals surface area contributed by atoms with Gasteiger partial charge >= 0.3 is 0 Å². The first kappa shape index (κ1) is 15.4. The van der Waals surface area contributed by atoms with Gasteiger partial charge in [-0.1, -0.05) is 48.0 Å². The molecule has 21 heavy (non-hydrogen) atoms. The van der Waals surface area contributed by atoms with Crippen molar-refractivity contribution < 1.29 is 14.2 Å². The lowest BCUT2D eigenvalue weighted by molar-refractivity contribution is 0.104. The van der Waals surface area contributed by atoms with Crippen LogP contribution in [0.15, 0.2) is 42.5 Å². The molecule has 0 aliphatic heterocycles. The van der Waals surface area contributed by atoms with Crippen molar-refractivity contribution in [3.05, 3.63) is 70.3 Å². The van der Waals surface area contributed by atoms with E-state index in [1.165, 1.54) is 0 Å². The molecule has 0 aliphatic carbocycles. The molecule has 2 aromatic rings. The van der Waals surface area contributed by atoms with Gasteiger partial charge in [-0.3, -0.25) is 9.59 Å². The van der Waals surface area contributed by atoms with Gasteiger partial charge in [0.15, 0.2) is 0 Å². The fourth-order valence-corrected chi connectivity index (χ4v) is 3.73. The van der Waals surface area contributed by atoms with Crippen LogP contribution in [0.3, 0.4) is 0 Å². The molecule has 108 valence electrons. The molecule has 0 bridgehead atoms. The smallest absolute Gasteiger partial charge is 0.226 e. The van der Waals surface area contributed by atoms with E-state index >= 15 is 0 Å². The molecule has 0 heterocycles. The predicted octanol–water partition coefficient (Wildman–Crippen LogP) is 4.15. The summed E-state index contributed by atoms with van der Waals surface area (Å²) >= 11 is 0. The molecule has 0 radical (unpaired) electrons. The number of aryl methyl sites for hydroxylation is 3. The second kappa shape index (κ2) is 6.19. The minimum absolute atomic E-state index is 0.317. The Morgan fingerprint density at radius 1 is 0.857 bits per heavy atom. The van der Waals surface area contributed by atoms with Gasteiger partial charge in [-0.15, -0.1) is 0 Å². The zero-order valence-corrected chi connectivity index (χ0v) is 13.3. The number of benzene rings is 2. The fourth-order valence-electron chi connectivity index (χ4n) is 2.48. The van der Waals surface area contributed by atoms with Crippen LogP contribution in [0, 0.1) is 20.8 Å². The summed E-state index contributed by atoms with van der Waals surface area (Å²) in [5.74, 6) is 0. The zero-order chi connectivity index (χ0) is 15.6. The van der Waals surface area contributed by atoms with Crippen molar-refractivity contribution in [2.45, 2.75) is 20.8 Å². The lowest BCUT2D eigenvalue weighted by Crippen LogP contribution is -2.06. The highest BCUT2D eigenvalue weighted by atomic mass is 31.1. The van der Waals surface area contributed by atoms with Crippen LogP contribution in [0.1, 0.15) is 37.4 Å². The lowest BCUT2D eigenvalue weighted by atomic mass is 10.0. The number of carbonyl (C=O) groups is 2. The van der Waals surface area contributed by atoms with Crippen molar-refractivity contribution in [3.8, 4) is 0 Å². The predicted molar refractivity (Wildman–Crippen MR) is 84.8 cm³/mol. The molecule has 3 nitrogen and oxygen atoms in total. The topological polar surface area (TPSA) is 51.2 Å². The van der Waals surface area contributed by atoms with E-state index in [0.717, 1.165) is 16.7 Å². The van der Waals surface area contributed by atoms with Gasteiger partial charge in [0.25, 0.3) is 0 Å². The normalized spacial score (nSPS) is 12.0. The summed E-state index contributed by atoms with van der Waals surface area (Å²) in [6.07, 6.45) is 0. The lowest BCUT2D eigenvalue weighted by Gasteiger charge is -2.10. The van der Waals surface area contributed by atoms with E-state index in [9.17, 15) is 14.2 Å². The van der Waals surface area contributed by atoms with Gasteiger partial charge in [-0.05, 0) is 31.9 Å². The van der Waals surface area contributed by atoms with Crippen LogP contribution in [0.2, 0.25) is 0 Å². The quantitative estimate of drug-likeness (QED) is 0.797. The van der Waals surface area contributed by atoms with Crippen LogP contribution in [0.25, 0.3) is 0 Å². The van der Waals surface area contributed by atoms with Gasteiger partial charge in [0.1, 0.15) is 0 Å². The highest BCUT2D eigenvalue weighted by molar-refractivity contribution is 7.80. The van der Waals surface area contributed by atoms with Crippen LogP contribution in [-0.4, -0.2) is 11.0 Å². The maximum absolute atomic E-state index is 12.4. The molecule has 1 unspecified atom stereocenters. The molecule has 0 saturated heterocycles. The number of hydrogen-bond acceptors (Lipinski definition) is 3. The molecule has 0 saturated carbocycles. The molecule has 0 amide bonds. The van der Waals surface area contributed by atoms with Crippen molar-refractivity contribution in [3.63, 3.8) is 0 Å². The first-order valence-corrected chi connectivity index (χ1v) is 8.09. The third-order valence-electron chi connectivity index (χ3n) is 3.35. The second-order valence-corrected chi connectivity index (χ2v) is 6.69. The first-order chi connectivity index (χ1) is 9.91. The largest absolute Gasteiger partial charge is 0.310 e. The molecule has 2 aromatic carbocycles. The first-order valence-electron chi connectivity index (χ1n) is 6.68. The molecule has 0 N–H and O–H groups in total. The third kappa shape index (κ3) is 3.20. The monoisotopic (exact) mass is 300 g/mol. The van der Waals surface area contributed by atoms with Gasteiger partial charge in [-0.2, -0.15) is 0 Å². The van der Waals surface area contributed by atoms with Crippen molar-refractivity contribution in [2.75, 3.05) is 0 Å². The van der Waals surface area contributed by atoms with Crippen LogP contribution < -0.4 is 0 Å². The Morgan fingerprint density at radius 2 is 1.38 bits per heavy atom. The Hall–Kier alpha value is -1.99. The summed E-state index contributed by atoms with van der Waals surface area (Å²) in [5.41, 5.74) is 2.16. The molecular weight excluding hydrogens is 283 g/mol. The Kier molecular flexibility index (Phi) is 4.54. The van der Waals surface area contributed by atoms with Gasteiger partial charge in [0.2, 0.25) is 18.8 Å². The van der Waals surface area contributed by atoms with Crippen LogP contribution >= 0.6 is 7.80 Å². The summed E-state index contributed by atoms with van der Waals surface area (Å²) in [4.78, 5) is 24.6. The second-order valence-electron chi connectivity index (χ2n) is 5.13. The van der Waals surface area contributed by atoms with Crippen molar-refractivity contribution in [1.82, 2.24) is 0 Å². The Labute approximate surface area is 124 Å². The zero-order valence-electron chi connectivity index (χ0n) is 12.3. The van der Waals surface area contributed by atoms with Crippen LogP contribution in [0.4, 0.5) is 0 Å². The highest BCUT2D eigenvalue weighted by Gasteiger charge is 2.25. The van der Waals surface area contributed by atoms with Crippen molar-refractivity contribution in [1.29, 1.82) is 0 Å². The molecular formula is C17H17O3P. The molecule has 4 heteroatoms. The summed E-state index contributed by atoms with van der Waals surface area (Å²) in [5, 5.41) is 0. The van der Waals surface area contributed by atoms with Crippen molar-refractivity contribution >= 4 is 18.8 Å². The van der Waals surface area contributed by atoms with E-state index in [1.54, 1.807) is 44.2 Å². The summed E-state index contributed by atoms with van der Waals surface area (Å²) in [6.45, 7) is 5.54. The Morgan fingerprint density at radius 3 is 1.90 bits per heavy atom. The van der Waals surface area contributed by atoms with E-state index in [0.29, 0.717) is 11.1 Å². The molecule has 2 rings (SSSR count). The van der Waals surface area contributed by atoms with Gasteiger partial charge in [0.05, 0.1) is 0 Å². The summed E-state index contributed by atoms with van der Waals surface area (Å²) in [6, 6.07) is 12.0.